The van der Waals surface area contributed by atoms with Crippen molar-refractivity contribution in [2.24, 2.45) is 13.0 Å². The third-order valence-electron chi connectivity index (χ3n) is 2.76. The number of rotatable bonds is 3. The van der Waals surface area contributed by atoms with Crippen LogP contribution in [0.1, 0.15) is 13.8 Å². The lowest BCUT2D eigenvalue weighted by Crippen LogP contribution is -2.38. The molecule has 2 N–H and O–H groups in total. The number of anilines is 1. The number of fused-ring (bicyclic) bond motifs is 1. The third-order valence-corrected chi connectivity index (χ3v) is 2.76. The van der Waals surface area contributed by atoms with E-state index in [2.05, 4.69) is 15.3 Å². The SMILES string of the molecule is CNc1nc2c([nH]1)c(=O)n(C)c(=O)n2CC(C)C. The molecule has 0 bridgehead atoms. The summed E-state index contributed by atoms with van der Waals surface area (Å²) in [4.78, 5) is 31.2. The van der Waals surface area contributed by atoms with Crippen LogP contribution in [0.3, 0.4) is 0 Å². The Morgan fingerprint density at radius 3 is 2.61 bits per heavy atom. The zero-order chi connectivity index (χ0) is 13.4. The van der Waals surface area contributed by atoms with Crippen molar-refractivity contribution in [2.75, 3.05) is 12.4 Å². The summed E-state index contributed by atoms with van der Waals surface area (Å²) in [6, 6.07) is 0. The minimum atomic E-state index is -0.357. The van der Waals surface area contributed by atoms with Gasteiger partial charge in [-0.05, 0) is 5.92 Å². The van der Waals surface area contributed by atoms with Gasteiger partial charge < -0.3 is 10.3 Å². The van der Waals surface area contributed by atoms with Crippen LogP contribution < -0.4 is 16.6 Å². The number of imidazole rings is 1. The molecule has 98 valence electrons. The summed E-state index contributed by atoms with van der Waals surface area (Å²) < 4.78 is 2.63. The number of hydrogen-bond donors (Lipinski definition) is 2. The van der Waals surface area contributed by atoms with E-state index in [-0.39, 0.29) is 17.2 Å². The van der Waals surface area contributed by atoms with Gasteiger partial charge in [0.05, 0.1) is 0 Å². The second kappa shape index (κ2) is 4.32. The Morgan fingerprint density at radius 2 is 2.06 bits per heavy atom. The maximum absolute atomic E-state index is 12.1. The lowest BCUT2D eigenvalue weighted by atomic mass is 10.2. The number of nitrogens with one attached hydrogen (secondary N) is 2. The summed E-state index contributed by atoms with van der Waals surface area (Å²) in [5, 5.41) is 2.83. The highest BCUT2D eigenvalue weighted by molar-refractivity contribution is 5.72. The van der Waals surface area contributed by atoms with Gasteiger partial charge in [-0.3, -0.25) is 13.9 Å². The van der Waals surface area contributed by atoms with Crippen molar-refractivity contribution in [1.82, 2.24) is 19.1 Å². The van der Waals surface area contributed by atoms with E-state index >= 15 is 0 Å². The topological polar surface area (TPSA) is 84.7 Å². The second-order valence-corrected chi connectivity index (χ2v) is 4.69. The Bertz CT molecular complexity index is 692. The minimum absolute atomic E-state index is 0.290. The molecule has 0 aliphatic carbocycles. The van der Waals surface area contributed by atoms with Gasteiger partial charge in [0.15, 0.2) is 11.2 Å². The first-order valence-electron chi connectivity index (χ1n) is 5.83. The Labute approximate surface area is 103 Å². The van der Waals surface area contributed by atoms with Crippen LogP contribution in [-0.2, 0) is 13.6 Å². The Kier molecular flexibility index (Phi) is 2.98. The minimum Gasteiger partial charge on any atom is -0.359 e. The van der Waals surface area contributed by atoms with Crippen LogP contribution in [0.5, 0.6) is 0 Å². The number of nitrogens with zero attached hydrogens (tertiary/aromatic N) is 3. The van der Waals surface area contributed by atoms with Crippen molar-refractivity contribution >= 4 is 17.1 Å². The van der Waals surface area contributed by atoms with Gasteiger partial charge in [0.1, 0.15) is 0 Å². The molecule has 7 nitrogen and oxygen atoms in total. The van der Waals surface area contributed by atoms with Gasteiger partial charge in [-0.15, -0.1) is 0 Å². The number of H-pyrrole nitrogens is 1. The molecule has 0 atom stereocenters. The molecule has 2 aromatic heterocycles. The molecule has 18 heavy (non-hydrogen) atoms. The predicted octanol–water partition coefficient (Wildman–Crippen LogP) is 0.121. The standard InChI is InChI=1S/C11H17N5O2/c1-6(2)5-16-8-7(13-10(12-3)14-8)9(17)15(4)11(16)18/h6H,5H2,1-4H3,(H2,12,13,14). The van der Waals surface area contributed by atoms with Crippen molar-refractivity contribution in [3.63, 3.8) is 0 Å². The molecule has 0 spiro atoms. The van der Waals surface area contributed by atoms with E-state index in [1.165, 1.54) is 11.6 Å². The molecular weight excluding hydrogens is 234 g/mol. The van der Waals surface area contributed by atoms with Crippen LogP contribution in [0.2, 0.25) is 0 Å². The quantitative estimate of drug-likeness (QED) is 0.811. The zero-order valence-electron chi connectivity index (χ0n) is 10.9. The van der Waals surface area contributed by atoms with Gasteiger partial charge in [0.25, 0.3) is 5.56 Å². The second-order valence-electron chi connectivity index (χ2n) is 4.69. The van der Waals surface area contributed by atoms with Crippen molar-refractivity contribution in [3.8, 4) is 0 Å². The normalized spacial score (nSPS) is 11.4. The Morgan fingerprint density at radius 1 is 1.39 bits per heavy atom. The van der Waals surface area contributed by atoms with E-state index in [1.807, 2.05) is 13.8 Å². The van der Waals surface area contributed by atoms with Crippen LogP contribution >= 0.6 is 0 Å². The molecule has 0 saturated carbocycles. The molecule has 0 saturated heterocycles. The zero-order valence-corrected chi connectivity index (χ0v) is 10.9. The van der Waals surface area contributed by atoms with Crippen LogP contribution in [0, 0.1) is 5.92 Å². The molecule has 0 aliphatic heterocycles. The van der Waals surface area contributed by atoms with E-state index in [0.29, 0.717) is 23.7 Å². The molecule has 0 amide bonds. The van der Waals surface area contributed by atoms with Crippen LogP contribution in [0.25, 0.3) is 11.2 Å². The molecule has 0 aliphatic rings. The highest BCUT2D eigenvalue weighted by Crippen LogP contribution is 2.10. The molecule has 0 radical (unpaired) electrons. The molecule has 7 heteroatoms. The summed E-state index contributed by atoms with van der Waals surface area (Å²) in [5.41, 5.74) is 0.0580. The van der Waals surface area contributed by atoms with Crippen molar-refractivity contribution in [2.45, 2.75) is 20.4 Å². The van der Waals surface area contributed by atoms with E-state index in [4.69, 9.17) is 0 Å². The van der Waals surface area contributed by atoms with Crippen LogP contribution in [0.4, 0.5) is 5.95 Å². The fourth-order valence-corrected chi connectivity index (χ4v) is 1.88. The predicted molar refractivity (Wildman–Crippen MR) is 70.0 cm³/mol. The summed E-state index contributed by atoms with van der Waals surface area (Å²) in [6.45, 7) is 4.54. The van der Waals surface area contributed by atoms with Gasteiger partial charge in [-0.2, -0.15) is 4.98 Å². The Hall–Kier alpha value is -2.05. The van der Waals surface area contributed by atoms with E-state index in [1.54, 1.807) is 7.05 Å². The lowest BCUT2D eigenvalue weighted by Gasteiger charge is -2.10. The molecule has 0 fully saturated rings. The molecule has 2 heterocycles. The summed E-state index contributed by atoms with van der Waals surface area (Å²) in [6.07, 6.45) is 0. The van der Waals surface area contributed by atoms with E-state index in [9.17, 15) is 9.59 Å². The maximum Gasteiger partial charge on any atom is 0.332 e. The van der Waals surface area contributed by atoms with Gasteiger partial charge in [-0.1, -0.05) is 13.8 Å². The van der Waals surface area contributed by atoms with Crippen molar-refractivity contribution in [3.05, 3.63) is 20.8 Å². The first-order chi connectivity index (χ1) is 8.45. The molecular formula is C11H17N5O2. The summed E-state index contributed by atoms with van der Waals surface area (Å²) in [7, 11) is 3.17. The molecule has 0 aromatic carbocycles. The number of hydrogen-bond acceptors (Lipinski definition) is 4. The summed E-state index contributed by atoms with van der Waals surface area (Å²) in [5.74, 6) is 0.767. The average molecular weight is 251 g/mol. The van der Waals surface area contributed by atoms with Crippen molar-refractivity contribution < 1.29 is 0 Å². The number of aromatic nitrogens is 4. The van der Waals surface area contributed by atoms with Crippen LogP contribution in [-0.4, -0.2) is 26.1 Å². The largest absolute Gasteiger partial charge is 0.359 e. The molecule has 0 unspecified atom stereocenters. The lowest BCUT2D eigenvalue weighted by molar-refractivity contribution is 0.500. The monoisotopic (exact) mass is 251 g/mol. The molecule has 2 rings (SSSR count). The van der Waals surface area contributed by atoms with E-state index in [0.717, 1.165) is 4.57 Å². The van der Waals surface area contributed by atoms with E-state index < -0.39 is 0 Å². The average Bonchev–Trinajstić information content (AvgIpc) is 2.75. The first-order valence-corrected chi connectivity index (χ1v) is 5.83. The maximum atomic E-state index is 12.1. The summed E-state index contributed by atoms with van der Waals surface area (Å²) >= 11 is 0. The van der Waals surface area contributed by atoms with Gasteiger partial charge >= 0.3 is 5.69 Å². The van der Waals surface area contributed by atoms with Crippen LogP contribution in [0.15, 0.2) is 9.59 Å². The first kappa shape index (κ1) is 12.4. The smallest absolute Gasteiger partial charge is 0.332 e. The Balaban J connectivity index is 2.86. The highest BCUT2D eigenvalue weighted by atomic mass is 16.2. The van der Waals surface area contributed by atoms with Crippen molar-refractivity contribution in [1.29, 1.82) is 0 Å². The number of aromatic amines is 1. The van der Waals surface area contributed by atoms with Gasteiger partial charge in [0, 0.05) is 20.6 Å². The fraction of sp³-hybridized carbons (Fsp3) is 0.545. The highest BCUT2D eigenvalue weighted by Gasteiger charge is 2.15. The molecule has 2 aromatic rings. The van der Waals surface area contributed by atoms with Gasteiger partial charge in [-0.25, -0.2) is 4.79 Å². The fourth-order valence-electron chi connectivity index (χ4n) is 1.88. The third kappa shape index (κ3) is 1.81. The van der Waals surface area contributed by atoms with Gasteiger partial charge in [0.2, 0.25) is 5.95 Å².